The maximum absolute atomic E-state index is 12.4. The number of aromatic nitrogens is 3. The van der Waals surface area contributed by atoms with Gasteiger partial charge in [0.2, 0.25) is 11.7 Å². The highest BCUT2D eigenvalue weighted by Gasteiger charge is 2.18. The zero-order valence-corrected chi connectivity index (χ0v) is 17.4. The fourth-order valence-corrected chi connectivity index (χ4v) is 3.75. The van der Waals surface area contributed by atoms with Crippen molar-refractivity contribution in [1.82, 2.24) is 14.8 Å². The molecule has 1 aromatic carbocycles. The predicted octanol–water partition coefficient (Wildman–Crippen LogP) is 4.57. The lowest BCUT2D eigenvalue weighted by Gasteiger charge is -2.09. The highest BCUT2D eigenvalue weighted by atomic mass is 35.5. The number of thioether (sulfide) groups is 1. The van der Waals surface area contributed by atoms with Crippen LogP contribution in [0.3, 0.4) is 0 Å². The molecule has 30 heavy (non-hydrogen) atoms. The number of hydrogen-bond acceptors (Lipinski definition) is 7. The number of rotatable bonds is 8. The summed E-state index contributed by atoms with van der Waals surface area (Å²) >= 11 is 7.37. The number of methoxy groups -OCH3 is 1. The molecule has 8 nitrogen and oxygen atoms in total. The first kappa shape index (κ1) is 20.1. The highest BCUT2D eigenvalue weighted by Crippen LogP contribution is 2.28. The summed E-state index contributed by atoms with van der Waals surface area (Å²) in [4.78, 5) is 12.4. The van der Waals surface area contributed by atoms with Gasteiger partial charge in [-0.3, -0.25) is 9.36 Å². The molecule has 0 bridgehead atoms. The van der Waals surface area contributed by atoms with Crippen molar-refractivity contribution in [3.05, 3.63) is 65.8 Å². The lowest BCUT2D eigenvalue weighted by molar-refractivity contribution is -0.113. The first-order valence-electron chi connectivity index (χ1n) is 8.89. The minimum atomic E-state index is -0.201. The Hall–Kier alpha value is -3.17. The lowest BCUT2D eigenvalue weighted by Crippen LogP contribution is -2.14. The maximum atomic E-state index is 12.4. The molecule has 4 rings (SSSR count). The van der Waals surface area contributed by atoms with Crippen molar-refractivity contribution < 1.29 is 18.4 Å². The van der Waals surface area contributed by atoms with E-state index in [1.54, 1.807) is 42.9 Å². The van der Waals surface area contributed by atoms with Gasteiger partial charge in [-0.15, -0.1) is 10.2 Å². The number of carbonyl (C=O) groups excluding carboxylic acids is 1. The lowest BCUT2D eigenvalue weighted by atomic mass is 10.3. The molecule has 0 aliphatic carbocycles. The molecule has 0 saturated carbocycles. The second-order valence-electron chi connectivity index (χ2n) is 6.14. The second kappa shape index (κ2) is 9.10. The van der Waals surface area contributed by atoms with E-state index in [-0.39, 0.29) is 11.7 Å². The average Bonchev–Trinajstić information content (AvgIpc) is 3.49. The van der Waals surface area contributed by atoms with Crippen molar-refractivity contribution in [3.8, 4) is 17.3 Å². The molecule has 1 amide bonds. The van der Waals surface area contributed by atoms with Crippen molar-refractivity contribution in [2.24, 2.45) is 0 Å². The van der Waals surface area contributed by atoms with Gasteiger partial charge in [0.15, 0.2) is 10.9 Å². The first-order valence-corrected chi connectivity index (χ1v) is 10.3. The molecule has 3 aromatic heterocycles. The number of nitrogens with zero attached hydrogens (tertiary/aromatic N) is 3. The first-order chi connectivity index (χ1) is 14.6. The molecule has 0 aliphatic heterocycles. The number of ether oxygens (including phenoxy) is 1. The summed E-state index contributed by atoms with van der Waals surface area (Å²) in [5.74, 6) is 2.35. The van der Waals surface area contributed by atoms with E-state index in [4.69, 9.17) is 25.2 Å². The van der Waals surface area contributed by atoms with E-state index < -0.39 is 0 Å². The molecule has 0 unspecified atom stereocenters. The summed E-state index contributed by atoms with van der Waals surface area (Å²) in [6.07, 6.45) is 3.17. The topological polar surface area (TPSA) is 95.3 Å². The monoisotopic (exact) mass is 444 g/mol. The van der Waals surface area contributed by atoms with Crippen molar-refractivity contribution in [1.29, 1.82) is 0 Å². The predicted molar refractivity (Wildman–Crippen MR) is 113 cm³/mol. The third-order valence-corrected chi connectivity index (χ3v) is 5.38. The van der Waals surface area contributed by atoms with E-state index in [0.29, 0.717) is 39.7 Å². The Bertz CT molecular complexity index is 1130. The third kappa shape index (κ3) is 4.52. The van der Waals surface area contributed by atoms with Crippen molar-refractivity contribution >= 4 is 35.0 Å². The van der Waals surface area contributed by atoms with Crippen molar-refractivity contribution in [2.45, 2.75) is 11.7 Å². The summed E-state index contributed by atoms with van der Waals surface area (Å²) in [5.41, 5.74) is 0.583. The van der Waals surface area contributed by atoms with E-state index in [2.05, 4.69) is 15.5 Å². The number of nitrogens with one attached hydrogen (secondary N) is 1. The van der Waals surface area contributed by atoms with Gasteiger partial charge in [-0.1, -0.05) is 23.4 Å². The Morgan fingerprint density at radius 1 is 1.20 bits per heavy atom. The molecular weight excluding hydrogens is 428 g/mol. The van der Waals surface area contributed by atoms with E-state index in [0.717, 1.165) is 5.76 Å². The molecule has 0 fully saturated rings. The van der Waals surface area contributed by atoms with Crippen LogP contribution in [-0.2, 0) is 11.3 Å². The van der Waals surface area contributed by atoms with Gasteiger partial charge in [0.05, 0.1) is 37.0 Å². The molecule has 0 radical (unpaired) electrons. The molecule has 10 heteroatoms. The van der Waals surface area contributed by atoms with Crippen LogP contribution in [0, 0.1) is 0 Å². The van der Waals surface area contributed by atoms with E-state index >= 15 is 0 Å². The van der Waals surface area contributed by atoms with Crippen LogP contribution in [0.15, 0.2) is 69.0 Å². The number of anilines is 1. The number of carbonyl (C=O) groups is 1. The van der Waals surface area contributed by atoms with Crippen LogP contribution in [0.4, 0.5) is 5.69 Å². The largest absolute Gasteiger partial charge is 0.495 e. The Morgan fingerprint density at radius 2 is 2.03 bits per heavy atom. The van der Waals surface area contributed by atoms with Gasteiger partial charge >= 0.3 is 0 Å². The average molecular weight is 445 g/mol. The van der Waals surface area contributed by atoms with Gasteiger partial charge in [-0.2, -0.15) is 0 Å². The standard InChI is InChI=1S/C20H17ClN4O4S/c1-27-16-7-6-13(10-15(16)21)22-18(26)12-30-20-24-23-19(17-5-3-9-29-17)25(20)11-14-4-2-8-28-14/h2-10H,11-12H2,1H3,(H,22,26). The van der Waals surface area contributed by atoms with Crippen molar-refractivity contribution in [2.75, 3.05) is 18.2 Å². The smallest absolute Gasteiger partial charge is 0.234 e. The number of halogens is 1. The molecule has 154 valence electrons. The minimum Gasteiger partial charge on any atom is -0.495 e. The molecular formula is C20H17ClN4O4S. The highest BCUT2D eigenvalue weighted by molar-refractivity contribution is 7.99. The second-order valence-corrected chi connectivity index (χ2v) is 7.48. The summed E-state index contributed by atoms with van der Waals surface area (Å²) < 4.78 is 17.9. The number of benzene rings is 1. The Labute approximate surface area is 181 Å². The van der Waals surface area contributed by atoms with Gasteiger partial charge in [0.1, 0.15) is 11.5 Å². The van der Waals surface area contributed by atoms with Gasteiger partial charge < -0.3 is 18.9 Å². The Kier molecular flexibility index (Phi) is 6.10. The molecule has 0 atom stereocenters. The third-order valence-electron chi connectivity index (χ3n) is 4.12. The fourth-order valence-electron chi connectivity index (χ4n) is 2.76. The van der Waals surface area contributed by atoms with Crippen LogP contribution in [0.1, 0.15) is 5.76 Å². The van der Waals surface area contributed by atoms with E-state index in [1.807, 2.05) is 16.7 Å². The fraction of sp³-hybridized carbons (Fsp3) is 0.150. The van der Waals surface area contributed by atoms with Gasteiger partial charge in [0, 0.05) is 5.69 Å². The normalized spacial score (nSPS) is 10.9. The van der Waals surface area contributed by atoms with Crippen LogP contribution in [-0.4, -0.2) is 33.5 Å². The van der Waals surface area contributed by atoms with Crippen LogP contribution >= 0.6 is 23.4 Å². The van der Waals surface area contributed by atoms with Gasteiger partial charge in [-0.25, -0.2) is 0 Å². The molecule has 0 aliphatic rings. The van der Waals surface area contributed by atoms with Crippen LogP contribution in [0.5, 0.6) is 5.75 Å². The quantitative estimate of drug-likeness (QED) is 0.397. The SMILES string of the molecule is COc1ccc(NC(=O)CSc2nnc(-c3ccco3)n2Cc2ccco2)cc1Cl. The van der Waals surface area contributed by atoms with Crippen LogP contribution in [0.25, 0.3) is 11.6 Å². The molecule has 0 spiro atoms. The van der Waals surface area contributed by atoms with Gasteiger partial charge in [0.25, 0.3) is 0 Å². The van der Waals surface area contributed by atoms with E-state index in [9.17, 15) is 4.79 Å². The van der Waals surface area contributed by atoms with Crippen LogP contribution < -0.4 is 10.1 Å². The van der Waals surface area contributed by atoms with E-state index in [1.165, 1.54) is 18.9 Å². The molecule has 4 aromatic rings. The summed E-state index contributed by atoms with van der Waals surface area (Å²) in [6.45, 7) is 0.411. The van der Waals surface area contributed by atoms with Crippen LogP contribution in [0.2, 0.25) is 5.02 Å². The number of furan rings is 2. The number of amides is 1. The van der Waals surface area contributed by atoms with Crippen molar-refractivity contribution in [3.63, 3.8) is 0 Å². The maximum Gasteiger partial charge on any atom is 0.234 e. The summed E-state index contributed by atoms with van der Waals surface area (Å²) in [7, 11) is 1.53. The Morgan fingerprint density at radius 3 is 2.73 bits per heavy atom. The zero-order valence-electron chi connectivity index (χ0n) is 15.9. The summed E-state index contributed by atoms with van der Waals surface area (Å²) in [5, 5.41) is 12.3. The molecule has 0 saturated heterocycles. The Balaban J connectivity index is 1.47. The number of hydrogen-bond donors (Lipinski definition) is 1. The molecule has 3 heterocycles. The summed E-state index contributed by atoms with van der Waals surface area (Å²) in [6, 6.07) is 12.3. The molecule has 1 N–H and O–H groups in total. The van der Waals surface area contributed by atoms with Gasteiger partial charge in [-0.05, 0) is 42.5 Å². The zero-order chi connectivity index (χ0) is 20.9. The minimum absolute atomic E-state index is 0.137.